The summed E-state index contributed by atoms with van der Waals surface area (Å²) < 4.78 is 33.9. The number of piperidine rings is 1. The van der Waals surface area contributed by atoms with Crippen LogP contribution in [0.25, 0.3) is 0 Å². The van der Waals surface area contributed by atoms with Gasteiger partial charge in [-0.3, -0.25) is 0 Å². The van der Waals surface area contributed by atoms with Crippen LogP contribution in [0.1, 0.15) is 26.2 Å². The number of ether oxygens (including phenoxy) is 1. The molecule has 2 aliphatic rings. The van der Waals surface area contributed by atoms with Crippen LogP contribution in [0.5, 0.6) is 0 Å². The van der Waals surface area contributed by atoms with Gasteiger partial charge < -0.3 is 10.1 Å². The lowest BCUT2D eigenvalue weighted by molar-refractivity contribution is 0.0281. The Morgan fingerprint density at radius 3 is 2.47 bits per heavy atom. The average molecular weight is 291 g/mol. The van der Waals surface area contributed by atoms with E-state index in [1.807, 2.05) is 6.92 Å². The highest BCUT2D eigenvalue weighted by Crippen LogP contribution is 2.19. The van der Waals surface area contributed by atoms with Crippen LogP contribution in [0.15, 0.2) is 0 Å². The Kier molecular flexibility index (Phi) is 5.58. The van der Waals surface area contributed by atoms with Gasteiger partial charge in [0.1, 0.15) is 0 Å². The fourth-order valence-corrected chi connectivity index (χ4v) is 4.36. The predicted octanol–water partition coefficient (Wildman–Crippen LogP) is 0.0274. The summed E-state index contributed by atoms with van der Waals surface area (Å²) in [6, 6.07) is 0. The molecule has 0 bridgehead atoms. The molecular weight excluding hydrogens is 266 g/mol. The van der Waals surface area contributed by atoms with Crippen molar-refractivity contribution in [3.63, 3.8) is 0 Å². The van der Waals surface area contributed by atoms with Crippen molar-refractivity contribution in [2.45, 2.75) is 32.3 Å². The summed E-state index contributed by atoms with van der Waals surface area (Å²) in [5.41, 5.74) is 0. The Balaban J connectivity index is 1.92. The van der Waals surface area contributed by atoms with E-state index in [2.05, 4.69) is 5.32 Å². The van der Waals surface area contributed by atoms with E-state index in [0.29, 0.717) is 32.8 Å². The number of hydrogen-bond donors (Lipinski definition) is 1. The Labute approximate surface area is 116 Å². The van der Waals surface area contributed by atoms with E-state index in [-0.39, 0.29) is 6.10 Å². The van der Waals surface area contributed by atoms with Gasteiger partial charge in [0, 0.05) is 39.3 Å². The normalized spacial score (nSPS) is 25.3. The molecule has 0 aromatic heterocycles. The summed E-state index contributed by atoms with van der Waals surface area (Å²) in [5.74, 6) is 0. The van der Waals surface area contributed by atoms with Crippen molar-refractivity contribution < 1.29 is 13.2 Å². The molecule has 112 valence electrons. The van der Waals surface area contributed by atoms with Gasteiger partial charge in [-0.2, -0.15) is 17.0 Å². The minimum absolute atomic E-state index is 0.224. The third kappa shape index (κ3) is 3.88. The Bertz CT molecular complexity index is 358. The van der Waals surface area contributed by atoms with Crippen LogP contribution in [0.4, 0.5) is 0 Å². The zero-order chi connectivity index (χ0) is 13.7. The van der Waals surface area contributed by atoms with Crippen molar-refractivity contribution in [2.24, 2.45) is 0 Å². The minimum Gasteiger partial charge on any atom is -0.378 e. The average Bonchev–Trinajstić information content (AvgIpc) is 2.69. The number of hydrogen-bond acceptors (Lipinski definition) is 4. The van der Waals surface area contributed by atoms with Crippen molar-refractivity contribution in [3.05, 3.63) is 0 Å². The molecule has 2 heterocycles. The molecular formula is C12H25N3O3S. The highest BCUT2D eigenvalue weighted by molar-refractivity contribution is 7.86. The SMILES string of the molecule is CCOC1CCN(S(=O)(=O)N2CCCNCC2)CC1. The first kappa shape index (κ1) is 15.2. The van der Waals surface area contributed by atoms with Gasteiger partial charge in [-0.05, 0) is 32.7 Å². The topological polar surface area (TPSA) is 61.9 Å². The maximum Gasteiger partial charge on any atom is 0.282 e. The molecule has 2 saturated heterocycles. The van der Waals surface area contributed by atoms with Crippen LogP contribution in [-0.2, 0) is 14.9 Å². The molecule has 0 atom stereocenters. The van der Waals surface area contributed by atoms with E-state index in [4.69, 9.17) is 4.74 Å². The van der Waals surface area contributed by atoms with Gasteiger partial charge in [0.15, 0.2) is 0 Å². The van der Waals surface area contributed by atoms with E-state index < -0.39 is 10.2 Å². The van der Waals surface area contributed by atoms with Gasteiger partial charge in [-0.1, -0.05) is 0 Å². The summed E-state index contributed by atoms with van der Waals surface area (Å²) in [7, 11) is -3.28. The molecule has 2 fully saturated rings. The molecule has 0 aromatic carbocycles. The lowest BCUT2D eigenvalue weighted by atomic mass is 10.1. The molecule has 0 spiro atoms. The fourth-order valence-electron chi connectivity index (χ4n) is 2.68. The third-order valence-corrected chi connectivity index (χ3v) is 5.79. The van der Waals surface area contributed by atoms with E-state index in [0.717, 1.165) is 32.4 Å². The quantitative estimate of drug-likeness (QED) is 0.794. The molecule has 19 heavy (non-hydrogen) atoms. The van der Waals surface area contributed by atoms with Gasteiger partial charge in [-0.25, -0.2) is 0 Å². The summed E-state index contributed by atoms with van der Waals surface area (Å²) >= 11 is 0. The van der Waals surface area contributed by atoms with Crippen LogP contribution in [0.2, 0.25) is 0 Å². The third-order valence-electron chi connectivity index (χ3n) is 3.75. The first-order valence-corrected chi connectivity index (χ1v) is 8.62. The molecule has 6 nitrogen and oxygen atoms in total. The Morgan fingerprint density at radius 2 is 1.79 bits per heavy atom. The molecule has 7 heteroatoms. The molecule has 2 aliphatic heterocycles. The van der Waals surface area contributed by atoms with Gasteiger partial charge in [0.2, 0.25) is 0 Å². The van der Waals surface area contributed by atoms with Crippen LogP contribution < -0.4 is 5.32 Å². The monoisotopic (exact) mass is 291 g/mol. The molecule has 0 radical (unpaired) electrons. The predicted molar refractivity (Wildman–Crippen MR) is 74.2 cm³/mol. The van der Waals surface area contributed by atoms with E-state index >= 15 is 0 Å². The molecule has 0 amide bonds. The summed E-state index contributed by atoms with van der Waals surface area (Å²) in [6.07, 6.45) is 2.72. The second-order valence-corrected chi connectivity index (χ2v) is 6.99. The second-order valence-electron chi connectivity index (χ2n) is 5.06. The van der Waals surface area contributed by atoms with Crippen LogP contribution in [-0.4, -0.2) is 69.0 Å². The van der Waals surface area contributed by atoms with E-state index in [9.17, 15) is 8.42 Å². The standard InChI is InChI=1S/C12H25N3O3S/c1-2-18-12-4-9-15(10-5-12)19(16,17)14-8-3-6-13-7-11-14/h12-13H,2-11H2,1H3. The second kappa shape index (κ2) is 6.99. The molecule has 0 aromatic rings. The van der Waals surface area contributed by atoms with Crippen molar-refractivity contribution in [1.29, 1.82) is 0 Å². The lowest BCUT2D eigenvalue weighted by Gasteiger charge is -2.34. The molecule has 0 aliphatic carbocycles. The molecule has 1 N–H and O–H groups in total. The maximum absolute atomic E-state index is 12.5. The fraction of sp³-hybridized carbons (Fsp3) is 1.00. The first-order chi connectivity index (χ1) is 9.14. The molecule has 2 rings (SSSR count). The van der Waals surface area contributed by atoms with Crippen LogP contribution in [0, 0.1) is 0 Å². The smallest absolute Gasteiger partial charge is 0.282 e. The highest BCUT2D eigenvalue weighted by Gasteiger charge is 2.33. The van der Waals surface area contributed by atoms with Crippen molar-refractivity contribution in [2.75, 3.05) is 45.9 Å². The zero-order valence-electron chi connectivity index (χ0n) is 11.7. The molecule has 0 unspecified atom stereocenters. The zero-order valence-corrected chi connectivity index (χ0v) is 12.5. The Hall–Kier alpha value is -0.210. The van der Waals surface area contributed by atoms with Gasteiger partial charge in [0.05, 0.1) is 6.10 Å². The van der Waals surface area contributed by atoms with E-state index in [1.54, 1.807) is 8.61 Å². The number of rotatable bonds is 4. The van der Waals surface area contributed by atoms with Crippen molar-refractivity contribution in [3.8, 4) is 0 Å². The first-order valence-electron chi connectivity index (χ1n) is 7.22. The molecule has 0 saturated carbocycles. The van der Waals surface area contributed by atoms with Crippen LogP contribution in [0.3, 0.4) is 0 Å². The summed E-state index contributed by atoms with van der Waals surface area (Å²) in [5, 5.41) is 3.23. The number of nitrogens with zero attached hydrogens (tertiary/aromatic N) is 2. The van der Waals surface area contributed by atoms with Crippen LogP contribution >= 0.6 is 0 Å². The van der Waals surface area contributed by atoms with Gasteiger partial charge in [-0.15, -0.1) is 0 Å². The van der Waals surface area contributed by atoms with Crippen molar-refractivity contribution >= 4 is 10.2 Å². The maximum atomic E-state index is 12.5. The summed E-state index contributed by atoms with van der Waals surface area (Å²) in [6.45, 7) is 6.69. The highest BCUT2D eigenvalue weighted by atomic mass is 32.2. The number of nitrogens with one attached hydrogen (secondary N) is 1. The summed E-state index contributed by atoms with van der Waals surface area (Å²) in [4.78, 5) is 0. The largest absolute Gasteiger partial charge is 0.378 e. The van der Waals surface area contributed by atoms with Crippen molar-refractivity contribution in [1.82, 2.24) is 13.9 Å². The van der Waals surface area contributed by atoms with E-state index in [1.165, 1.54) is 0 Å². The minimum atomic E-state index is -3.28. The van der Waals surface area contributed by atoms with Gasteiger partial charge in [0.25, 0.3) is 10.2 Å². The van der Waals surface area contributed by atoms with Gasteiger partial charge >= 0.3 is 0 Å². The lowest BCUT2D eigenvalue weighted by Crippen LogP contribution is -2.49. The Morgan fingerprint density at radius 1 is 1.11 bits per heavy atom.